The Kier molecular flexibility index (Phi) is 8.72. The zero-order valence-electron chi connectivity index (χ0n) is 11.9. The third kappa shape index (κ3) is 7.05. The molecule has 2 atom stereocenters. The molecule has 0 saturated carbocycles. The van der Waals surface area contributed by atoms with Gasteiger partial charge in [-0.05, 0) is 12.8 Å². The van der Waals surface area contributed by atoms with Gasteiger partial charge in [-0.15, -0.1) is 0 Å². The summed E-state index contributed by atoms with van der Waals surface area (Å²) in [5, 5.41) is 7.42. The van der Waals surface area contributed by atoms with Crippen LogP contribution in [0.15, 0.2) is 0 Å². The zero-order chi connectivity index (χ0) is 12.3. The molecule has 2 unspecified atom stereocenters. The maximum absolute atomic E-state index is 3.71. The summed E-state index contributed by atoms with van der Waals surface area (Å²) in [6.45, 7) is 6.92. The predicted molar refractivity (Wildman–Crippen MR) is 76.5 cm³/mol. The van der Waals surface area contributed by atoms with Gasteiger partial charge in [0.1, 0.15) is 0 Å². The first-order chi connectivity index (χ1) is 8.36. The van der Waals surface area contributed by atoms with Gasteiger partial charge in [0.15, 0.2) is 0 Å². The van der Waals surface area contributed by atoms with Crippen molar-refractivity contribution in [2.75, 3.05) is 13.1 Å². The minimum atomic E-state index is 0.730. The average molecular weight is 240 g/mol. The van der Waals surface area contributed by atoms with Crippen LogP contribution in [-0.4, -0.2) is 25.2 Å². The lowest BCUT2D eigenvalue weighted by Gasteiger charge is -2.31. The van der Waals surface area contributed by atoms with Gasteiger partial charge < -0.3 is 10.6 Å². The maximum Gasteiger partial charge on any atom is 0.0193 e. The van der Waals surface area contributed by atoms with Crippen LogP contribution in [0.5, 0.6) is 0 Å². The van der Waals surface area contributed by atoms with E-state index in [2.05, 4.69) is 24.5 Å². The summed E-state index contributed by atoms with van der Waals surface area (Å²) in [4.78, 5) is 0. The first-order valence-corrected chi connectivity index (χ1v) is 7.83. The molecule has 0 aromatic heterocycles. The molecule has 0 aromatic rings. The van der Waals surface area contributed by atoms with Gasteiger partial charge in [-0.1, -0.05) is 58.8 Å². The smallest absolute Gasteiger partial charge is 0.0193 e. The molecule has 0 aliphatic carbocycles. The molecule has 0 radical (unpaired) electrons. The van der Waals surface area contributed by atoms with Gasteiger partial charge >= 0.3 is 0 Å². The predicted octanol–water partition coefficient (Wildman–Crippen LogP) is 3.47. The van der Waals surface area contributed by atoms with E-state index in [1.807, 2.05) is 0 Å². The molecule has 0 spiro atoms. The second kappa shape index (κ2) is 9.90. The van der Waals surface area contributed by atoms with E-state index in [9.17, 15) is 0 Å². The molecule has 1 aliphatic heterocycles. The second-order valence-corrected chi connectivity index (χ2v) is 5.56. The van der Waals surface area contributed by atoms with Crippen molar-refractivity contribution in [3.05, 3.63) is 0 Å². The van der Waals surface area contributed by atoms with Crippen LogP contribution in [0.1, 0.15) is 71.6 Å². The van der Waals surface area contributed by atoms with Gasteiger partial charge in [0.05, 0.1) is 0 Å². The number of nitrogens with one attached hydrogen (secondary N) is 2. The van der Waals surface area contributed by atoms with Crippen molar-refractivity contribution >= 4 is 0 Å². The number of rotatable bonds is 9. The van der Waals surface area contributed by atoms with E-state index in [-0.39, 0.29) is 0 Å². The topological polar surface area (TPSA) is 24.1 Å². The van der Waals surface area contributed by atoms with E-state index < -0.39 is 0 Å². The summed E-state index contributed by atoms with van der Waals surface area (Å²) in [7, 11) is 0. The van der Waals surface area contributed by atoms with E-state index in [4.69, 9.17) is 0 Å². The monoisotopic (exact) mass is 240 g/mol. The van der Waals surface area contributed by atoms with Gasteiger partial charge in [0.2, 0.25) is 0 Å². The molecule has 0 aromatic carbocycles. The van der Waals surface area contributed by atoms with Crippen molar-refractivity contribution in [2.45, 2.75) is 83.7 Å². The third-order valence-electron chi connectivity index (χ3n) is 3.87. The van der Waals surface area contributed by atoms with E-state index in [0.717, 1.165) is 12.1 Å². The third-order valence-corrected chi connectivity index (χ3v) is 3.87. The van der Waals surface area contributed by atoms with Gasteiger partial charge in [-0.2, -0.15) is 0 Å². The first kappa shape index (κ1) is 15.0. The van der Waals surface area contributed by atoms with Crippen LogP contribution in [0.4, 0.5) is 0 Å². The van der Waals surface area contributed by atoms with Gasteiger partial charge in [0, 0.05) is 25.2 Å². The SMILES string of the molecule is CCCCCCC1CNC(CCCCC)CN1. The summed E-state index contributed by atoms with van der Waals surface area (Å²) in [6, 6.07) is 1.46. The summed E-state index contributed by atoms with van der Waals surface area (Å²) in [6.07, 6.45) is 12.4. The molecule has 2 heteroatoms. The Bertz CT molecular complexity index is 162. The van der Waals surface area contributed by atoms with Gasteiger partial charge in [-0.3, -0.25) is 0 Å². The van der Waals surface area contributed by atoms with Crippen molar-refractivity contribution in [3.8, 4) is 0 Å². The molecule has 1 heterocycles. The maximum atomic E-state index is 3.71. The Morgan fingerprint density at radius 1 is 0.706 bits per heavy atom. The average Bonchev–Trinajstić information content (AvgIpc) is 2.37. The lowest BCUT2D eigenvalue weighted by molar-refractivity contribution is 0.312. The van der Waals surface area contributed by atoms with E-state index in [1.165, 1.54) is 70.9 Å². The lowest BCUT2D eigenvalue weighted by Crippen LogP contribution is -2.54. The summed E-state index contributed by atoms with van der Waals surface area (Å²) >= 11 is 0. The molecule has 1 saturated heterocycles. The first-order valence-electron chi connectivity index (χ1n) is 7.83. The minimum Gasteiger partial charge on any atom is -0.311 e. The van der Waals surface area contributed by atoms with Crippen molar-refractivity contribution in [1.82, 2.24) is 10.6 Å². The van der Waals surface area contributed by atoms with Crippen molar-refractivity contribution in [2.24, 2.45) is 0 Å². The van der Waals surface area contributed by atoms with Crippen molar-refractivity contribution in [1.29, 1.82) is 0 Å². The molecule has 102 valence electrons. The highest BCUT2D eigenvalue weighted by Crippen LogP contribution is 2.10. The molecular formula is C15H32N2. The summed E-state index contributed by atoms with van der Waals surface area (Å²) < 4.78 is 0. The molecular weight excluding hydrogens is 208 g/mol. The minimum absolute atomic E-state index is 0.730. The lowest BCUT2D eigenvalue weighted by atomic mass is 10.0. The van der Waals surface area contributed by atoms with Crippen LogP contribution in [-0.2, 0) is 0 Å². The Labute approximate surface area is 108 Å². The molecule has 1 fully saturated rings. The number of unbranched alkanes of at least 4 members (excludes halogenated alkanes) is 5. The van der Waals surface area contributed by atoms with E-state index in [1.54, 1.807) is 0 Å². The molecule has 0 amide bonds. The van der Waals surface area contributed by atoms with Gasteiger partial charge in [-0.25, -0.2) is 0 Å². The highest BCUT2D eigenvalue weighted by atomic mass is 15.1. The fourth-order valence-electron chi connectivity index (χ4n) is 2.63. The molecule has 2 nitrogen and oxygen atoms in total. The highest BCUT2D eigenvalue weighted by molar-refractivity contribution is 4.82. The molecule has 1 aliphatic rings. The summed E-state index contributed by atoms with van der Waals surface area (Å²) in [5.41, 5.74) is 0. The van der Waals surface area contributed by atoms with Crippen LogP contribution in [0, 0.1) is 0 Å². The Balaban J connectivity index is 1.97. The quantitative estimate of drug-likeness (QED) is 0.603. The van der Waals surface area contributed by atoms with E-state index >= 15 is 0 Å². The Morgan fingerprint density at radius 3 is 1.65 bits per heavy atom. The van der Waals surface area contributed by atoms with E-state index in [0.29, 0.717) is 0 Å². The number of hydrogen-bond donors (Lipinski definition) is 2. The molecule has 17 heavy (non-hydrogen) atoms. The largest absolute Gasteiger partial charge is 0.311 e. The zero-order valence-corrected chi connectivity index (χ0v) is 11.9. The fourth-order valence-corrected chi connectivity index (χ4v) is 2.63. The highest BCUT2D eigenvalue weighted by Gasteiger charge is 2.18. The van der Waals surface area contributed by atoms with Crippen LogP contribution >= 0.6 is 0 Å². The van der Waals surface area contributed by atoms with Crippen molar-refractivity contribution < 1.29 is 0 Å². The summed E-state index contributed by atoms with van der Waals surface area (Å²) in [5.74, 6) is 0. The van der Waals surface area contributed by atoms with Crippen LogP contribution in [0.3, 0.4) is 0 Å². The molecule has 1 rings (SSSR count). The number of piperazine rings is 1. The normalized spacial score (nSPS) is 25.1. The van der Waals surface area contributed by atoms with Crippen LogP contribution < -0.4 is 10.6 Å². The standard InChI is InChI=1S/C15H32N2/c1-3-5-7-9-11-15-13-16-14(12-17-15)10-8-6-4-2/h14-17H,3-13H2,1-2H3. The molecule has 2 N–H and O–H groups in total. The fraction of sp³-hybridized carbons (Fsp3) is 1.00. The number of hydrogen-bond acceptors (Lipinski definition) is 2. The Hall–Kier alpha value is -0.0800. The van der Waals surface area contributed by atoms with Crippen LogP contribution in [0.2, 0.25) is 0 Å². The second-order valence-electron chi connectivity index (χ2n) is 5.56. The van der Waals surface area contributed by atoms with Gasteiger partial charge in [0.25, 0.3) is 0 Å². The molecule has 0 bridgehead atoms. The Morgan fingerprint density at radius 2 is 1.18 bits per heavy atom. The van der Waals surface area contributed by atoms with Crippen LogP contribution in [0.25, 0.3) is 0 Å². The van der Waals surface area contributed by atoms with Crippen molar-refractivity contribution in [3.63, 3.8) is 0 Å².